The number of β-amino-alcohol motifs (C(OH)–C–C–N with tert-alkyl or cyclic N) is 1. The van der Waals surface area contributed by atoms with Gasteiger partial charge in [0.25, 0.3) is 0 Å². The van der Waals surface area contributed by atoms with Crippen LogP contribution in [0.3, 0.4) is 0 Å². The molecule has 2 aliphatic heterocycles. The number of fused-ring (bicyclic) bond motifs is 5. The molecule has 2 aliphatic carbocycles. The van der Waals surface area contributed by atoms with Crippen LogP contribution in [-0.4, -0.2) is 84.4 Å². The van der Waals surface area contributed by atoms with Crippen LogP contribution < -0.4 is 10.6 Å². The van der Waals surface area contributed by atoms with Gasteiger partial charge in [-0.3, -0.25) is 0 Å². The second-order valence-electron chi connectivity index (χ2n) is 13.7. The van der Waals surface area contributed by atoms with E-state index in [4.69, 9.17) is 30.5 Å². The average Bonchev–Trinajstić information content (AvgIpc) is 3.79. The zero-order valence-electron chi connectivity index (χ0n) is 26.1. The number of hydrogen-bond acceptors (Lipinski definition) is 11. The van der Waals surface area contributed by atoms with Crippen molar-refractivity contribution in [3.8, 4) is 11.5 Å². The van der Waals surface area contributed by atoms with Crippen LogP contribution in [0.4, 0.5) is 10.8 Å². The van der Waals surface area contributed by atoms with Gasteiger partial charge in [-0.1, -0.05) is 18.0 Å². The number of thiophene rings is 1. The molecule has 13 heteroatoms. The molecule has 4 aromatic rings. The van der Waals surface area contributed by atoms with E-state index in [0.717, 1.165) is 78.8 Å². The first kappa shape index (κ1) is 31.1. The van der Waals surface area contributed by atoms with E-state index in [1.54, 1.807) is 18.3 Å². The van der Waals surface area contributed by atoms with Crippen molar-refractivity contribution in [2.75, 3.05) is 37.3 Å². The smallest absolute Gasteiger partial charge is 0.186 e. The summed E-state index contributed by atoms with van der Waals surface area (Å²) < 4.78 is 8.34. The summed E-state index contributed by atoms with van der Waals surface area (Å²) in [6.07, 6.45) is 9.72. The van der Waals surface area contributed by atoms with E-state index >= 15 is 0 Å². The molecule has 4 aromatic heterocycles. The van der Waals surface area contributed by atoms with E-state index in [9.17, 15) is 10.2 Å². The Morgan fingerprint density at radius 1 is 1.16 bits per heavy atom. The van der Waals surface area contributed by atoms with Gasteiger partial charge in [0.2, 0.25) is 0 Å². The molecule has 0 unspecified atom stereocenters. The standard InChI is InChI=1S/C32H41N8O3S.Fe/c1-18(22-8-6-13-38(22)3)40-30-20(16-34-40)29(39-14-10-24(41)31(2,42)17-39)35-28(36-30)26-19-7-4-11-32(27(19)43-37-26)12-5-9-23-21(32)15-25(33)44-23;/h16,18,22,24,41-42H,4-14,17,33H2,1-3H3;/q-1;/t18-,22-,24+,31-,32-;/m0./s1. The number of hydrogen-bond donors (Lipinski definition) is 3. The van der Waals surface area contributed by atoms with Crippen LogP contribution in [0.1, 0.15) is 86.6 Å². The fraction of sp³-hybridized carbons (Fsp3) is 0.625. The average molecular weight is 674 g/mol. The number of aliphatic hydroxyl groups is 2. The molecule has 4 N–H and O–H groups in total. The molecule has 0 radical (unpaired) electrons. The third-order valence-electron chi connectivity index (χ3n) is 10.9. The largest absolute Gasteiger partial charge is 0.407 e. The molecule has 1 spiro atoms. The molecule has 0 amide bonds. The number of nitrogens with zero attached hydrogens (tertiary/aromatic N) is 7. The van der Waals surface area contributed by atoms with Gasteiger partial charge in [0, 0.05) is 40.6 Å². The summed E-state index contributed by atoms with van der Waals surface area (Å²) in [5, 5.41) is 32.7. The van der Waals surface area contributed by atoms with Gasteiger partial charge in [-0.15, -0.1) is 4.88 Å². The van der Waals surface area contributed by atoms with Crippen molar-refractivity contribution in [1.29, 1.82) is 0 Å². The van der Waals surface area contributed by atoms with Crippen molar-refractivity contribution in [1.82, 2.24) is 29.8 Å². The Hall–Kier alpha value is -2.54. The first-order valence-electron chi connectivity index (χ1n) is 16.1. The van der Waals surface area contributed by atoms with E-state index in [0.29, 0.717) is 36.3 Å². The summed E-state index contributed by atoms with van der Waals surface area (Å²) >= 11 is 1.65. The van der Waals surface area contributed by atoms with Crippen molar-refractivity contribution in [3.63, 3.8) is 0 Å². The molecule has 2 fully saturated rings. The maximum atomic E-state index is 11.0. The fourth-order valence-electron chi connectivity index (χ4n) is 8.50. The van der Waals surface area contributed by atoms with Crippen LogP contribution in [0.2, 0.25) is 0 Å². The summed E-state index contributed by atoms with van der Waals surface area (Å²) in [5.74, 6) is 2.13. The topological polar surface area (TPSA) is 143 Å². The SMILES string of the molecule is C[C@@H]([C@@H]1CCCN1C)n1ncc2c(N3CC[C@@H](O)[C@@](C)(O)C3)nc(-c3noc4c3CCC[C@@]43CCCc4sc(N)[c-]c43)nc21.[Fe]. The van der Waals surface area contributed by atoms with Gasteiger partial charge in [-0.25, -0.2) is 32.1 Å². The Morgan fingerprint density at radius 2 is 1.96 bits per heavy atom. The molecule has 242 valence electrons. The summed E-state index contributed by atoms with van der Waals surface area (Å²) in [5.41, 5.74) is 8.43. The van der Waals surface area contributed by atoms with Crippen LogP contribution in [0.25, 0.3) is 22.6 Å². The van der Waals surface area contributed by atoms with Gasteiger partial charge in [-0.2, -0.15) is 10.7 Å². The maximum Gasteiger partial charge on any atom is 0.186 e. The van der Waals surface area contributed by atoms with Crippen molar-refractivity contribution in [2.24, 2.45) is 0 Å². The monoisotopic (exact) mass is 673 g/mol. The Kier molecular flexibility index (Phi) is 7.81. The van der Waals surface area contributed by atoms with E-state index in [1.807, 2.05) is 10.9 Å². The van der Waals surface area contributed by atoms with Crippen LogP contribution in [-0.2, 0) is 35.3 Å². The van der Waals surface area contributed by atoms with Crippen LogP contribution >= 0.6 is 11.3 Å². The van der Waals surface area contributed by atoms with E-state index in [1.165, 1.54) is 16.9 Å². The molecule has 4 aliphatic rings. The summed E-state index contributed by atoms with van der Waals surface area (Å²) in [6, 6.07) is 3.96. The maximum absolute atomic E-state index is 11.0. The van der Waals surface area contributed by atoms with Crippen LogP contribution in [0.15, 0.2) is 10.7 Å². The van der Waals surface area contributed by atoms with Gasteiger partial charge in [-0.05, 0) is 77.4 Å². The minimum absolute atomic E-state index is 0. The third-order valence-corrected chi connectivity index (χ3v) is 11.8. The number of rotatable bonds is 4. The van der Waals surface area contributed by atoms with Crippen LogP contribution in [0.5, 0.6) is 0 Å². The number of aliphatic hydroxyl groups excluding tert-OH is 1. The normalized spacial score (nSPS) is 29.1. The summed E-state index contributed by atoms with van der Waals surface area (Å²) in [4.78, 5) is 16.1. The molecule has 8 rings (SSSR count). The van der Waals surface area contributed by atoms with Gasteiger partial charge in [0.05, 0.1) is 30.3 Å². The van der Waals surface area contributed by atoms with Crippen molar-refractivity contribution in [3.05, 3.63) is 34.0 Å². The number of nitrogens with two attached hydrogens (primary N) is 1. The second kappa shape index (κ2) is 11.3. The van der Waals surface area contributed by atoms with E-state index in [2.05, 4.69) is 29.8 Å². The zero-order chi connectivity index (χ0) is 30.4. The number of aryl methyl sites for hydroxylation is 1. The molecule has 11 nitrogen and oxygen atoms in total. The molecule has 5 atom stereocenters. The molecular weight excluding hydrogens is 632 g/mol. The number of anilines is 2. The Balaban J connectivity index is 0.00000325. The third kappa shape index (κ3) is 4.84. The summed E-state index contributed by atoms with van der Waals surface area (Å²) in [6.45, 7) is 5.79. The Morgan fingerprint density at radius 3 is 2.71 bits per heavy atom. The first-order chi connectivity index (χ1) is 21.2. The van der Waals surface area contributed by atoms with Crippen molar-refractivity contribution in [2.45, 2.75) is 101 Å². The molecule has 6 heterocycles. The number of likely N-dealkylation sites (tertiary alicyclic amines) is 1. The number of likely N-dealkylation sites (N-methyl/N-ethyl adjacent to an activating group) is 1. The molecule has 0 aromatic carbocycles. The summed E-state index contributed by atoms with van der Waals surface area (Å²) in [7, 11) is 2.18. The molecule has 0 bridgehead atoms. The van der Waals surface area contributed by atoms with Crippen molar-refractivity contribution < 1.29 is 31.8 Å². The van der Waals surface area contributed by atoms with Gasteiger partial charge >= 0.3 is 0 Å². The Bertz CT molecular complexity index is 1730. The number of nitrogen functional groups attached to an aromatic ring is 1. The second-order valence-corrected chi connectivity index (χ2v) is 14.9. The van der Waals surface area contributed by atoms with Gasteiger partial charge < -0.3 is 30.3 Å². The van der Waals surface area contributed by atoms with Crippen molar-refractivity contribution >= 4 is 33.2 Å². The Labute approximate surface area is 277 Å². The minimum Gasteiger partial charge on any atom is -0.407 e. The quantitative estimate of drug-likeness (QED) is 0.216. The molecule has 2 saturated heterocycles. The predicted molar refractivity (Wildman–Crippen MR) is 169 cm³/mol. The van der Waals surface area contributed by atoms with Crippen LogP contribution in [0, 0.1) is 6.07 Å². The minimum atomic E-state index is -1.26. The number of aromatic nitrogens is 5. The van der Waals surface area contributed by atoms with Gasteiger partial charge in [0.15, 0.2) is 17.2 Å². The fourth-order valence-corrected chi connectivity index (χ4v) is 9.51. The predicted octanol–water partition coefficient (Wildman–Crippen LogP) is 3.86. The molecule has 45 heavy (non-hydrogen) atoms. The molecule has 0 saturated carbocycles. The van der Waals surface area contributed by atoms with E-state index in [-0.39, 0.29) is 35.1 Å². The number of piperidine rings is 1. The molecular formula is C32H41FeN8O3S-. The first-order valence-corrected chi connectivity index (χ1v) is 16.9. The van der Waals surface area contributed by atoms with Gasteiger partial charge in [0.1, 0.15) is 17.2 Å². The van der Waals surface area contributed by atoms with E-state index < -0.39 is 11.7 Å². The zero-order valence-corrected chi connectivity index (χ0v) is 28.0.